The molecule has 2 aromatic heterocycles. The Morgan fingerprint density at radius 2 is 2.12 bits per heavy atom. The second kappa shape index (κ2) is 5.33. The van der Waals surface area contributed by atoms with Gasteiger partial charge in [0, 0.05) is 17.8 Å². The topological polar surface area (TPSA) is 70.9 Å². The van der Waals surface area contributed by atoms with Crippen molar-refractivity contribution >= 4 is 33.2 Å². The molecule has 2 rings (SSSR count). The third kappa shape index (κ3) is 2.97. The van der Waals surface area contributed by atoms with Crippen molar-refractivity contribution in [3.05, 3.63) is 32.9 Å². The van der Waals surface area contributed by atoms with Crippen LogP contribution in [0.1, 0.15) is 10.7 Å². The van der Waals surface area contributed by atoms with Crippen LogP contribution < -0.4 is 5.32 Å². The van der Waals surface area contributed by atoms with Gasteiger partial charge in [0.05, 0.1) is 23.3 Å². The first-order valence-corrected chi connectivity index (χ1v) is 6.21. The molecule has 84 valence electrons. The summed E-state index contributed by atoms with van der Waals surface area (Å²) in [5, 5.41) is 14.6. The first-order valence-electron chi connectivity index (χ1n) is 4.53. The highest BCUT2D eigenvalue weighted by Gasteiger charge is 2.01. The maximum absolute atomic E-state index is 8.86. The molecule has 0 bridgehead atoms. The minimum atomic E-state index is -0.0225. The van der Waals surface area contributed by atoms with Crippen molar-refractivity contribution in [1.82, 2.24) is 15.0 Å². The van der Waals surface area contributed by atoms with Crippen molar-refractivity contribution in [2.24, 2.45) is 0 Å². The van der Waals surface area contributed by atoms with E-state index in [0.717, 1.165) is 9.48 Å². The van der Waals surface area contributed by atoms with Gasteiger partial charge in [-0.15, -0.1) is 11.3 Å². The highest BCUT2D eigenvalue weighted by atomic mass is 79.9. The SMILES string of the molecule is OCc1csc(CNc2ncc(Br)cn2)n1. The molecule has 2 heterocycles. The summed E-state index contributed by atoms with van der Waals surface area (Å²) in [7, 11) is 0. The Morgan fingerprint density at radius 3 is 2.75 bits per heavy atom. The van der Waals surface area contributed by atoms with Gasteiger partial charge in [-0.25, -0.2) is 15.0 Å². The standard InChI is InChI=1S/C9H9BrN4OS/c10-6-1-11-9(12-2-6)13-3-8-14-7(4-15)5-16-8/h1-2,5,15H,3-4H2,(H,11,12,13). The zero-order valence-electron chi connectivity index (χ0n) is 8.22. The first kappa shape index (κ1) is 11.4. The van der Waals surface area contributed by atoms with Crippen LogP contribution in [0.25, 0.3) is 0 Å². The number of hydrogen-bond acceptors (Lipinski definition) is 6. The number of anilines is 1. The zero-order chi connectivity index (χ0) is 11.4. The highest BCUT2D eigenvalue weighted by Crippen LogP contribution is 2.12. The van der Waals surface area contributed by atoms with Gasteiger partial charge in [-0.05, 0) is 15.9 Å². The zero-order valence-corrected chi connectivity index (χ0v) is 10.6. The molecule has 0 saturated heterocycles. The van der Waals surface area contributed by atoms with Crippen LogP contribution in [-0.4, -0.2) is 20.1 Å². The Morgan fingerprint density at radius 1 is 1.38 bits per heavy atom. The van der Waals surface area contributed by atoms with Gasteiger partial charge in [0.2, 0.25) is 5.95 Å². The van der Waals surface area contributed by atoms with Gasteiger partial charge in [0.15, 0.2) is 0 Å². The molecule has 0 aliphatic heterocycles. The Bertz CT molecular complexity index is 459. The summed E-state index contributed by atoms with van der Waals surface area (Å²) in [6, 6.07) is 0. The van der Waals surface area contributed by atoms with Crippen LogP contribution in [0.4, 0.5) is 5.95 Å². The summed E-state index contributed by atoms with van der Waals surface area (Å²) in [5.74, 6) is 0.559. The number of nitrogens with zero attached hydrogens (tertiary/aromatic N) is 3. The predicted molar refractivity (Wildman–Crippen MR) is 65.1 cm³/mol. The van der Waals surface area contributed by atoms with Crippen LogP contribution in [0.2, 0.25) is 0 Å². The molecule has 0 unspecified atom stereocenters. The summed E-state index contributed by atoms with van der Waals surface area (Å²) in [6.45, 7) is 0.539. The summed E-state index contributed by atoms with van der Waals surface area (Å²) in [6.07, 6.45) is 3.35. The number of nitrogens with one attached hydrogen (secondary N) is 1. The van der Waals surface area contributed by atoms with Crippen molar-refractivity contribution in [1.29, 1.82) is 0 Å². The minimum absolute atomic E-state index is 0.0225. The predicted octanol–water partition coefficient (Wildman–Crippen LogP) is 1.80. The Kier molecular flexibility index (Phi) is 3.81. The van der Waals surface area contributed by atoms with E-state index in [-0.39, 0.29) is 6.61 Å². The van der Waals surface area contributed by atoms with Crippen LogP contribution in [0.5, 0.6) is 0 Å². The smallest absolute Gasteiger partial charge is 0.223 e. The molecular formula is C9H9BrN4OS. The van der Waals surface area contributed by atoms with E-state index in [2.05, 4.69) is 36.2 Å². The van der Waals surface area contributed by atoms with E-state index in [0.29, 0.717) is 18.2 Å². The lowest BCUT2D eigenvalue weighted by Crippen LogP contribution is -2.02. The van der Waals surface area contributed by atoms with E-state index in [1.165, 1.54) is 11.3 Å². The van der Waals surface area contributed by atoms with Crippen molar-refractivity contribution in [3.8, 4) is 0 Å². The van der Waals surface area contributed by atoms with E-state index >= 15 is 0 Å². The monoisotopic (exact) mass is 300 g/mol. The molecule has 2 aromatic rings. The van der Waals surface area contributed by atoms with Crippen molar-refractivity contribution in [2.75, 3.05) is 5.32 Å². The Hall–Kier alpha value is -1.05. The van der Waals surface area contributed by atoms with Gasteiger partial charge in [-0.3, -0.25) is 0 Å². The van der Waals surface area contributed by atoms with Gasteiger partial charge in [0.25, 0.3) is 0 Å². The second-order valence-corrected chi connectivity index (χ2v) is 4.83. The fourth-order valence-corrected chi connectivity index (χ4v) is 1.99. The van der Waals surface area contributed by atoms with Gasteiger partial charge >= 0.3 is 0 Å². The Balaban J connectivity index is 1.94. The lowest BCUT2D eigenvalue weighted by molar-refractivity contribution is 0.277. The summed E-state index contributed by atoms with van der Waals surface area (Å²) in [5.41, 5.74) is 0.693. The third-order valence-electron chi connectivity index (χ3n) is 1.78. The van der Waals surface area contributed by atoms with E-state index in [1.54, 1.807) is 12.4 Å². The van der Waals surface area contributed by atoms with Gasteiger partial charge in [-0.1, -0.05) is 0 Å². The lowest BCUT2D eigenvalue weighted by Gasteiger charge is -2.01. The van der Waals surface area contributed by atoms with Crippen LogP contribution in [0.15, 0.2) is 22.2 Å². The highest BCUT2D eigenvalue weighted by molar-refractivity contribution is 9.10. The molecule has 0 fully saturated rings. The summed E-state index contributed by atoms with van der Waals surface area (Å²) >= 11 is 4.76. The molecule has 5 nitrogen and oxygen atoms in total. The van der Waals surface area contributed by atoms with E-state index in [9.17, 15) is 0 Å². The van der Waals surface area contributed by atoms with E-state index in [4.69, 9.17) is 5.11 Å². The number of aromatic nitrogens is 3. The first-order chi connectivity index (χ1) is 7.78. The second-order valence-electron chi connectivity index (χ2n) is 2.97. The molecule has 7 heteroatoms. The maximum Gasteiger partial charge on any atom is 0.223 e. The average molecular weight is 301 g/mol. The number of thiazole rings is 1. The maximum atomic E-state index is 8.86. The fourth-order valence-electron chi connectivity index (χ4n) is 1.06. The molecule has 0 saturated carbocycles. The number of hydrogen-bond donors (Lipinski definition) is 2. The third-order valence-corrected chi connectivity index (χ3v) is 3.09. The van der Waals surface area contributed by atoms with E-state index in [1.807, 2.05) is 5.38 Å². The molecule has 0 atom stereocenters. The molecule has 0 amide bonds. The molecule has 16 heavy (non-hydrogen) atoms. The van der Waals surface area contributed by atoms with Crippen molar-refractivity contribution in [2.45, 2.75) is 13.2 Å². The average Bonchev–Trinajstić information content (AvgIpc) is 2.76. The number of halogens is 1. The number of aliphatic hydroxyl groups is 1. The minimum Gasteiger partial charge on any atom is -0.390 e. The van der Waals surface area contributed by atoms with Gasteiger partial charge in [-0.2, -0.15) is 0 Å². The molecule has 0 aliphatic carbocycles. The molecule has 2 N–H and O–H groups in total. The summed E-state index contributed by atoms with van der Waals surface area (Å²) < 4.78 is 0.842. The van der Waals surface area contributed by atoms with Crippen LogP contribution in [-0.2, 0) is 13.2 Å². The normalized spacial score (nSPS) is 10.4. The number of rotatable bonds is 4. The molecule has 0 aliphatic rings. The van der Waals surface area contributed by atoms with Crippen LogP contribution in [0, 0.1) is 0 Å². The lowest BCUT2D eigenvalue weighted by atomic mass is 10.5. The molecular weight excluding hydrogens is 292 g/mol. The van der Waals surface area contributed by atoms with Crippen LogP contribution in [0.3, 0.4) is 0 Å². The molecule has 0 aromatic carbocycles. The number of aliphatic hydroxyl groups excluding tert-OH is 1. The Labute approximate surface area is 105 Å². The largest absolute Gasteiger partial charge is 0.390 e. The van der Waals surface area contributed by atoms with Gasteiger partial charge in [0.1, 0.15) is 5.01 Å². The quantitative estimate of drug-likeness (QED) is 0.901. The van der Waals surface area contributed by atoms with Crippen molar-refractivity contribution < 1.29 is 5.11 Å². The van der Waals surface area contributed by atoms with Crippen molar-refractivity contribution in [3.63, 3.8) is 0 Å². The van der Waals surface area contributed by atoms with Crippen LogP contribution >= 0.6 is 27.3 Å². The fraction of sp³-hybridized carbons (Fsp3) is 0.222. The van der Waals surface area contributed by atoms with E-state index < -0.39 is 0 Å². The summed E-state index contributed by atoms with van der Waals surface area (Å²) in [4.78, 5) is 12.4. The van der Waals surface area contributed by atoms with Gasteiger partial charge < -0.3 is 10.4 Å². The molecule has 0 spiro atoms. The molecule has 0 radical (unpaired) electrons.